The smallest absolute Gasteiger partial charge is 0.230 e. The molecule has 2 aromatic heterocycles. The van der Waals surface area contributed by atoms with Crippen molar-refractivity contribution in [2.24, 2.45) is 11.3 Å². The number of allylic oxidation sites excluding steroid dienone is 4. The highest BCUT2D eigenvalue weighted by Crippen LogP contribution is 2.44. The number of aromatic nitrogens is 3. The molecule has 1 unspecified atom stereocenters. The predicted molar refractivity (Wildman–Crippen MR) is 135 cm³/mol. The molecule has 2 saturated heterocycles. The quantitative estimate of drug-likeness (QED) is 0.567. The van der Waals surface area contributed by atoms with Crippen LogP contribution >= 0.6 is 0 Å². The first-order valence-corrected chi connectivity index (χ1v) is 12.3. The second-order valence-corrected chi connectivity index (χ2v) is 10.1. The van der Waals surface area contributed by atoms with Gasteiger partial charge in [0, 0.05) is 41.1 Å². The predicted octanol–water partition coefficient (Wildman–Crippen LogP) is 4.50. The van der Waals surface area contributed by atoms with Gasteiger partial charge in [0.2, 0.25) is 5.91 Å². The third-order valence-corrected chi connectivity index (χ3v) is 7.55. The van der Waals surface area contributed by atoms with E-state index in [4.69, 9.17) is 9.47 Å². The van der Waals surface area contributed by atoms with Crippen molar-refractivity contribution in [3.05, 3.63) is 59.7 Å². The molecule has 0 spiro atoms. The van der Waals surface area contributed by atoms with Crippen LogP contribution in [0.2, 0.25) is 0 Å². The summed E-state index contributed by atoms with van der Waals surface area (Å²) in [6.45, 7) is 5.34. The number of nitrogens with one attached hydrogen (secondary N) is 2. The van der Waals surface area contributed by atoms with Crippen LogP contribution in [0.5, 0.6) is 5.75 Å². The van der Waals surface area contributed by atoms with E-state index < -0.39 is 5.41 Å². The van der Waals surface area contributed by atoms with Crippen LogP contribution in [0.15, 0.2) is 48.4 Å². The lowest BCUT2D eigenvalue weighted by atomic mass is 9.76. The zero-order valence-electron chi connectivity index (χ0n) is 20.3. The van der Waals surface area contributed by atoms with E-state index in [0.29, 0.717) is 30.2 Å². The summed E-state index contributed by atoms with van der Waals surface area (Å²) in [7, 11) is 0. The average molecular weight is 482 g/mol. The minimum absolute atomic E-state index is 0.0578. The van der Waals surface area contributed by atoms with E-state index in [2.05, 4.69) is 38.5 Å². The molecule has 36 heavy (non-hydrogen) atoms. The highest BCUT2D eigenvalue weighted by molar-refractivity contribution is 5.95. The Morgan fingerprint density at radius 2 is 2.03 bits per heavy atom. The van der Waals surface area contributed by atoms with Gasteiger partial charge in [-0.05, 0) is 42.3 Å². The summed E-state index contributed by atoms with van der Waals surface area (Å²) in [6.07, 6.45) is 8.24. The molecular weight excluding hydrogens is 454 g/mol. The highest BCUT2D eigenvalue weighted by Gasteiger charge is 2.46. The fourth-order valence-electron chi connectivity index (χ4n) is 5.31. The zero-order valence-corrected chi connectivity index (χ0v) is 20.3. The molecule has 2 N–H and O–H groups in total. The Kier molecular flexibility index (Phi) is 5.38. The van der Waals surface area contributed by atoms with Crippen LogP contribution in [0.4, 0.5) is 0 Å². The molecule has 1 amide bonds. The molecule has 1 aliphatic carbocycles. The van der Waals surface area contributed by atoms with Crippen LogP contribution in [-0.2, 0) is 9.53 Å². The maximum atomic E-state index is 12.4. The summed E-state index contributed by atoms with van der Waals surface area (Å²) in [4.78, 5) is 24.8. The van der Waals surface area contributed by atoms with Crippen molar-refractivity contribution in [3.63, 3.8) is 0 Å². The largest absolute Gasteiger partial charge is 0.489 e. The molecular formula is C28H27N5O3. The van der Waals surface area contributed by atoms with Crippen LogP contribution in [-0.4, -0.2) is 40.2 Å². The van der Waals surface area contributed by atoms with Crippen molar-refractivity contribution < 1.29 is 14.3 Å². The van der Waals surface area contributed by atoms with E-state index >= 15 is 0 Å². The van der Waals surface area contributed by atoms with Gasteiger partial charge in [-0.15, -0.1) is 0 Å². The number of carbonyl (C=O) groups excluding carboxylic acids is 1. The van der Waals surface area contributed by atoms with Crippen molar-refractivity contribution in [3.8, 4) is 23.1 Å². The molecule has 4 heterocycles. The van der Waals surface area contributed by atoms with E-state index in [1.165, 1.54) is 6.33 Å². The lowest BCUT2D eigenvalue weighted by Gasteiger charge is -2.25. The number of fused-ring (bicyclic) bond motifs is 2. The normalized spacial score (nSPS) is 21.4. The molecule has 8 nitrogen and oxygen atoms in total. The Hall–Kier alpha value is -3.96. The van der Waals surface area contributed by atoms with Gasteiger partial charge >= 0.3 is 0 Å². The summed E-state index contributed by atoms with van der Waals surface area (Å²) < 4.78 is 11.5. The molecule has 0 radical (unpaired) electrons. The molecule has 8 heteroatoms. The van der Waals surface area contributed by atoms with Gasteiger partial charge in [-0.25, -0.2) is 9.97 Å². The van der Waals surface area contributed by atoms with Gasteiger partial charge in [-0.2, -0.15) is 5.26 Å². The summed E-state index contributed by atoms with van der Waals surface area (Å²) in [5.41, 5.74) is 5.24. The van der Waals surface area contributed by atoms with Crippen molar-refractivity contribution in [2.45, 2.75) is 39.2 Å². The van der Waals surface area contributed by atoms with Crippen molar-refractivity contribution in [2.75, 3.05) is 13.2 Å². The van der Waals surface area contributed by atoms with Gasteiger partial charge < -0.3 is 19.8 Å². The van der Waals surface area contributed by atoms with Crippen LogP contribution in [0.25, 0.3) is 27.9 Å². The zero-order chi connectivity index (χ0) is 24.9. The minimum atomic E-state index is -0.411. The Labute approximate surface area is 209 Å². The first-order valence-electron chi connectivity index (χ1n) is 12.3. The van der Waals surface area contributed by atoms with Gasteiger partial charge in [-0.1, -0.05) is 19.9 Å². The van der Waals surface area contributed by atoms with Crippen LogP contribution in [0, 0.1) is 22.7 Å². The monoisotopic (exact) mass is 481 g/mol. The fraction of sp³-hybridized carbons (Fsp3) is 0.357. The number of benzene rings is 1. The summed E-state index contributed by atoms with van der Waals surface area (Å²) in [5.74, 6) is 0.818. The summed E-state index contributed by atoms with van der Waals surface area (Å²) in [5, 5.41) is 13.7. The average Bonchev–Trinajstić information content (AvgIpc) is 3.43. The lowest BCUT2D eigenvalue weighted by Crippen LogP contribution is -2.28. The maximum absolute atomic E-state index is 12.4. The minimum Gasteiger partial charge on any atom is -0.489 e. The number of nitrogens with zero attached hydrogens (tertiary/aromatic N) is 3. The van der Waals surface area contributed by atoms with E-state index in [-0.39, 0.29) is 17.9 Å². The number of H-pyrrole nitrogens is 1. The van der Waals surface area contributed by atoms with Gasteiger partial charge in [0.05, 0.1) is 29.9 Å². The Morgan fingerprint density at radius 1 is 1.19 bits per heavy atom. The Balaban J connectivity index is 1.32. The van der Waals surface area contributed by atoms with E-state index in [1.807, 2.05) is 38.1 Å². The third-order valence-electron chi connectivity index (χ3n) is 7.55. The number of rotatable bonds is 4. The molecule has 1 aromatic carbocycles. The van der Waals surface area contributed by atoms with Crippen molar-refractivity contribution >= 4 is 22.5 Å². The second-order valence-electron chi connectivity index (χ2n) is 10.1. The number of aromatic amines is 1. The second kappa shape index (κ2) is 8.61. The topological polar surface area (TPSA) is 113 Å². The number of hydrogen-bond donors (Lipinski definition) is 2. The Morgan fingerprint density at radius 3 is 2.83 bits per heavy atom. The van der Waals surface area contributed by atoms with Crippen LogP contribution < -0.4 is 10.1 Å². The summed E-state index contributed by atoms with van der Waals surface area (Å²) in [6, 6.07) is 9.92. The number of nitriles is 1. The molecule has 182 valence electrons. The number of amides is 1. The van der Waals surface area contributed by atoms with Crippen molar-refractivity contribution in [1.82, 2.24) is 20.3 Å². The Bertz CT molecular complexity index is 1470. The SMILES string of the molecule is CC1(C)C(=O)NC2=CC(c3cc4c(-c5ccc(OC6CCOCC6)c(C#N)c5)ncnc4[nH]3)=CCC21. The van der Waals surface area contributed by atoms with E-state index in [1.54, 1.807) is 0 Å². The van der Waals surface area contributed by atoms with E-state index in [0.717, 1.165) is 52.9 Å². The van der Waals surface area contributed by atoms with E-state index in [9.17, 15) is 10.1 Å². The lowest BCUT2D eigenvalue weighted by molar-refractivity contribution is -0.127. The van der Waals surface area contributed by atoms with Crippen molar-refractivity contribution in [1.29, 1.82) is 5.26 Å². The van der Waals surface area contributed by atoms with Gasteiger partial charge in [0.25, 0.3) is 0 Å². The molecule has 0 saturated carbocycles. The van der Waals surface area contributed by atoms with Gasteiger partial charge in [-0.3, -0.25) is 4.79 Å². The number of hydrogen-bond acceptors (Lipinski definition) is 6. The first kappa shape index (κ1) is 22.5. The van der Waals surface area contributed by atoms with Crippen LogP contribution in [0.1, 0.15) is 44.4 Å². The first-order chi connectivity index (χ1) is 17.4. The van der Waals surface area contributed by atoms with Gasteiger partial charge in [0.15, 0.2) is 0 Å². The summed E-state index contributed by atoms with van der Waals surface area (Å²) >= 11 is 0. The highest BCUT2D eigenvalue weighted by atomic mass is 16.5. The fourth-order valence-corrected chi connectivity index (χ4v) is 5.31. The van der Waals surface area contributed by atoms with Gasteiger partial charge in [0.1, 0.15) is 29.9 Å². The third kappa shape index (κ3) is 3.76. The van der Waals surface area contributed by atoms with Crippen LogP contribution in [0.3, 0.4) is 0 Å². The molecule has 6 rings (SSSR count). The molecule has 3 aromatic rings. The molecule has 2 fully saturated rings. The maximum Gasteiger partial charge on any atom is 0.230 e. The standard InChI is InChI=1S/C28H27N5O3/c1-28(2)21-5-3-16(12-23(21)33-27(28)34)22-13-20-25(30-15-31-26(20)32-22)17-4-6-24(18(11-17)14-29)36-19-7-9-35-10-8-19/h3-4,6,11-13,15,19,21H,5,7-10H2,1-2H3,(H,33,34)(H,30,31,32). The molecule has 2 aliphatic heterocycles. The molecule has 1 atom stereocenters. The number of ether oxygens (including phenoxy) is 2. The molecule has 0 bridgehead atoms. The number of carbonyl (C=O) groups is 1. The molecule has 3 aliphatic rings.